The third-order valence-electron chi connectivity index (χ3n) is 3.71. The van der Waals surface area contributed by atoms with Crippen LogP contribution in [0.5, 0.6) is 0 Å². The van der Waals surface area contributed by atoms with E-state index >= 15 is 0 Å². The van der Waals surface area contributed by atoms with Gasteiger partial charge in [0.15, 0.2) is 0 Å². The molecule has 0 spiro atoms. The Bertz CT molecular complexity index is 424. The number of nitrogens with zero attached hydrogens (tertiary/aromatic N) is 2. The van der Waals surface area contributed by atoms with Crippen molar-refractivity contribution in [3.63, 3.8) is 0 Å². The van der Waals surface area contributed by atoms with Gasteiger partial charge in [0.1, 0.15) is 5.82 Å². The maximum absolute atomic E-state index is 6.21. The van der Waals surface area contributed by atoms with Crippen molar-refractivity contribution in [2.75, 3.05) is 0 Å². The summed E-state index contributed by atoms with van der Waals surface area (Å²) in [5.41, 5.74) is 8.80. The van der Waals surface area contributed by atoms with Crippen molar-refractivity contribution in [1.29, 1.82) is 0 Å². The van der Waals surface area contributed by atoms with E-state index in [1.54, 1.807) is 0 Å². The number of aryl methyl sites for hydroxylation is 1. The summed E-state index contributed by atoms with van der Waals surface area (Å²) in [6.07, 6.45) is 6.12. The van der Waals surface area contributed by atoms with Crippen LogP contribution < -0.4 is 5.73 Å². The Balaban J connectivity index is 2.20. The first kappa shape index (κ1) is 13.5. The molecule has 1 aromatic heterocycles. The van der Waals surface area contributed by atoms with Gasteiger partial charge in [0, 0.05) is 29.9 Å². The second-order valence-corrected chi connectivity index (χ2v) is 6.77. The van der Waals surface area contributed by atoms with Gasteiger partial charge in [-0.25, -0.2) is 9.97 Å². The van der Waals surface area contributed by atoms with E-state index in [1.165, 1.54) is 5.69 Å². The quantitative estimate of drug-likeness (QED) is 0.893. The van der Waals surface area contributed by atoms with Gasteiger partial charge in [-0.1, -0.05) is 27.7 Å². The lowest BCUT2D eigenvalue weighted by Gasteiger charge is -2.34. The van der Waals surface area contributed by atoms with Crippen LogP contribution in [0.1, 0.15) is 63.7 Å². The summed E-state index contributed by atoms with van der Waals surface area (Å²) in [4.78, 5) is 9.21. The van der Waals surface area contributed by atoms with Crippen molar-refractivity contribution in [3.8, 4) is 0 Å². The summed E-state index contributed by atoms with van der Waals surface area (Å²) in [6, 6.07) is 0.0999. The number of rotatable bonds is 3. The van der Waals surface area contributed by atoms with Crippen LogP contribution in [-0.2, 0) is 12.8 Å². The van der Waals surface area contributed by atoms with Crippen molar-refractivity contribution in [3.05, 3.63) is 23.3 Å². The van der Waals surface area contributed by atoms with Crippen LogP contribution >= 0.6 is 0 Å². The molecule has 0 radical (unpaired) electrons. The Labute approximate surface area is 110 Å². The summed E-state index contributed by atoms with van der Waals surface area (Å²) >= 11 is 0. The standard InChI is InChI=1S/C15H25N3/c1-10(2)5-6-14-17-9-11-12(16)7-15(3,4)8-13(11)18-14/h9-10,12H,5-8,16H2,1-4H3. The number of hydrogen-bond donors (Lipinski definition) is 1. The molecule has 0 saturated heterocycles. The van der Waals surface area contributed by atoms with Gasteiger partial charge < -0.3 is 5.73 Å². The SMILES string of the molecule is CC(C)CCc1ncc2c(n1)CC(C)(C)CC2N. The fraction of sp³-hybridized carbons (Fsp3) is 0.733. The molecule has 1 heterocycles. The van der Waals surface area contributed by atoms with Crippen LogP contribution in [0.4, 0.5) is 0 Å². The smallest absolute Gasteiger partial charge is 0.128 e. The lowest BCUT2D eigenvalue weighted by Crippen LogP contribution is -2.31. The van der Waals surface area contributed by atoms with Crippen molar-refractivity contribution in [1.82, 2.24) is 9.97 Å². The highest BCUT2D eigenvalue weighted by Gasteiger charge is 2.31. The minimum absolute atomic E-state index is 0.0999. The molecule has 1 atom stereocenters. The zero-order chi connectivity index (χ0) is 13.3. The fourth-order valence-electron chi connectivity index (χ4n) is 2.69. The average molecular weight is 247 g/mol. The lowest BCUT2D eigenvalue weighted by molar-refractivity contribution is 0.277. The van der Waals surface area contributed by atoms with Crippen LogP contribution in [0, 0.1) is 11.3 Å². The molecular formula is C15H25N3. The fourth-order valence-corrected chi connectivity index (χ4v) is 2.69. The monoisotopic (exact) mass is 247 g/mol. The molecule has 18 heavy (non-hydrogen) atoms. The Morgan fingerprint density at radius 1 is 1.44 bits per heavy atom. The van der Waals surface area contributed by atoms with Crippen LogP contribution in [0.2, 0.25) is 0 Å². The van der Waals surface area contributed by atoms with Gasteiger partial charge >= 0.3 is 0 Å². The lowest BCUT2D eigenvalue weighted by atomic mass is 9.74. The van der Waals surface area contributed by atoms with Crippen molar-refractivity contribution in [2.24, 2.45) is 17.1 Å². The number of nitrogens with two attached hydrogens (primary N) is 1. The molecule has 0 fully saturated rings. The van der Waals surface area contributed by atoms with Crippen molar-refractivity contribution in [2.45, 2.75) is 59.4 Å². The molecule has 3 heteroatoms. The van der Waals surface area contributed by atoms with Crippen LogP contribution in [-0.4, -0.2) is 9.97 Å². The Morgan fingerprint density at radius 3 is 2.83 bits per heavy atom. The van der Waals surface area contributed by atoms with E-state index < -0.39 is 0 Å². The van der Waals surface area contributed by atoms with E-state index in [-0.39, 0.29) is 11.5 Å². The topological polar surface area (TPSA) is 51.8 Å². The molecule has 100 valence electrons. The van der Waals surface area contributed by atoms with Gasteiger partial charge in [-0.05, 0) is 30.6 Å². The molecule has 2 rings (SSSR count). The second kappa shape index (κ2) is 4.96. The third-order valence-corrected chi connectivity index (χ3v) is 3.71. The number of hydrogen-bond acceptors (Lipinski definition) is 3. The molecule has 0 saturated carbocycles. The zero-order valence-corrected chi connectivity index (χ0v) is 12.0. The van der Waals surface area contributed by atoms with Gasteiger partial charge in [-0.2, -0.15) is 0 Å². The normalized spacial score (nSPS) is 22.0. The summed E-state index contributed by atoms with van der Waals surface area (Å²) < 4.78 is 0. The van der Waals surface area contributed by atoms with Gasteiger partial charge in [-0.15, -0.1) is 0 Å². The van der Waals surface area contributed by atoms with Gasteiger partial charge in [0.25, 0.3) is 0 Å². The molecule has 1 unspecified atom stereocenters. The largest absolute Gasteiger partial charge is 0.324 e. The molecule has 1 aliphatic rings. The van der Waals surface area contributed by atoms with Crippen molar-refractivity contribution < 1.29 is 0 Å². The highest BCUT2D eigenvalue weighted by atomic mass is 14.9. The second-order valence-electron chi connectivity index (χ2n) is 6.77. The van der Waals surface area contributed by atoms with E-state index in [0.717, 1.165) is 37.1 Å². The first-order valence-corrected chi connectivity index (χ1v) is 6.98. The summed E-state index contributed by atoms with van der Waals surface area (Å²) in [6.45, 7) is 9.01. The molecule has 0 aliphatic heterocycles. The predicted molar refractivity (Wildman–Crippen MR) is 74.2 cm³/mol. The number of fused-ring (bicyclic) bond motifs is 1. The molecule has 1 aliphatic carbocycles. The average Bonchev–Trinajstić information content (AvgIpc) is 2.24. The molecule has 0 aromatic carbocycles. The van der Waals surface area contributed by atoms with Crippen LogP contribution in [0.15, 0.2) is 6.20 Å². The summed E-state index contributed by atoms with van der Waals surface area (Å²) in [5, 5.41) is 0. The zero-order valence-electron chi connectivity index (χ0n) is 12.0. The molecular weight excluding hydrogens is 222 g/mol. The Hall–Kier alpha value is -0.960. The Morgan fingerprint density at radius 2 is 2.17 bits per heavy atom. The minimum atomic E-state index is 0.0999. The third kappa shape index (κ3) is 3.08. The minimum Gasteiger partial charge on any atom is -0.324 e. The van der Waals surface area contributed by atoms with Gasteiger partial charge in [0.2, 0.25) is 0 Å². The highest BCUT2D eigenvalue weighted by molar-refractivity contribution is 5.26. The van der Waals surface area contributed by atoms with Gasteiger partial charge in [0.05, 0.1) is 0 Å². The molecule has 0 amide bonds. The molecule has 2 N–H and O–H groups in total. The maximum atomic E-state index is 6.21. The van der Waals surface area contributed by atoms with E-state index in [9.17, 15) is 0 Å². The summed E-state index contributed by atoms with van der Waals surface area (Å²) in [7, 11) is 0. The van der Waals surface area contributed by atoms with E-state index in [1.807, 2.05) is 6.20 Å². The molecule has 3 nitrogen and oxygen atoms in total. The first-order chi connectivity index (χ1) is 8.37. The van der Waals surface area contributed by atoms with E-state index in [4.69, 9.17) is 10.7 Å². The first-order valence-electron chi connectivity index (χ1n) is 6.98. The molecule has 1 aromatic rings. The van der Waals surface area contributed by atoms with Crippen LogP contribution in [0.3, 0.4) is 0 Å². The highest BCUT2D eigenvalue weighted by Crippen LogP contribution is 2.38. The van der Waals surface area contributed by atoms with Crippen molar-refractivity contribution >= 4 is 0 Å². The number of aromatic nitrogens is 2. The molecule has 0 bridgehead atoms. The van der Waals surface area contributed by atoms with Gasteiger partial charge in [-0.3, -0.25) is 0 Å². The Kier molecular flexibility index (Phi) is 3.71. The summed E-state index contributed by atoms with van der Waals surface area (Å²) in [5.74, 6) is 1.68. The van der Waals surface area contributed by atoms with E-state index in [2.05, 4.69) is 32.7 Å². The van der Waals surface area contributed by atoms with Crippen LogP contribution in [0.25, 0.3) is 0 Å². The predicted octanol–water partition coefficient (Wildman–Crippen LogP) is 3.04. The van der Waals surface area contributed by atoms with E-state index in [0.29, 0.717) is 5.92 Å². The maximum Gasteiger partial charge on any atom is 0.128 e.